The zero-order valence-corrected chi connectivity index (χ0v) is 20.5. The van der Waals surface area contributed by atoms with Crippen LogP contribution in [0, 0.1) is 0 Å². The Hall–Kier alpha value is -3.65. The van der Waals surface area contributed by atoms with Crippen LogP contribution >= 0.6 is 34.5 Å². The molecule has 0 saturated heterocycles. The van der Waals surface area contributed by atoms with Crippen molar-refractivity contribution in [3.8, 4) is 5.75 Å². The molecule has 0 bridgehead atoms. The van der Waals surface area contributed by atoms with E-state index in [2.05, 4.69) is 15.8 Å². The number of nitrogens with zero attached hydrogens (tertiary/aromatic N) is 1. The van der Waals surface area contributed by atoms with Gasteiger partial charge in [0.05, 0.1) is 22.3 Å². The van der Waals surface area contributed by atoms with E-state index in [0.29, 0.717) is 31.9 Å². The van der Waals surface area contributed by atoms with Crippen LogP contribution in [0.25, 0.3) is 0 Å². The molecule has 176 valence electrons. The van der Waals surface area contributed by atoms with Crippen LogP contribution in [0.4, 0.5) is 5.69 Å². The van der Waals surface area contributed by atoms with Gasteiger partial charge in [0.2, 0.25) is 0 Å². The highest BCUT2D eigenvalue weighted by molar-refractivity contribution is 7.12. The highest BCUT2D eigenvalue weighted by atomic mass is 35.5. The first-order valence-electron chi connectivity index (χ1n) is 10.4. The topological polar surface area (TPSA) is 79.8 Å². The van der Waals surface area contributed by atoms with Crippen LogP contribution < -0.4 is 15.5 Å². The minimum atomic E-state index is -0.445. The smallest absolute Gasteiger partial charge is 0.273 e. The third-order valence-corrected chi connectivity index (χ3v) is 6.45. The van der Waals surface area contributed by atoms with Crippen molar-refractivity contribution in [2.75, 3.05) is 5.32 Å². The average Bonchev–Trinajstić information content (AvgIpc) is 3.40. The monoisotopic (exact) mass is 523 g/mol. The Morgan fingerprint density at radius 2 is 1.63 bits per heavy atom. The average molecular weight is 524 g/mol. The van der Waals surface area contributed by atoms with Gasteiger partial charge in [0.15, 0.2) is 0 Å². The number of anilines is 1. The second kappa shape index (κ2) is 11.7. The van der Waals surface area contributed by atoms with Crippen molar-refractivity contribution in [3.05, 3.63) is 116 Å². The van der Waals surface area contributed by atoms with Gasteiger partial charge in [-0.1, -0.05) is 47.5 Å². The summed E-state index contributed by atoms with van der Waals surface area (Å²) in [5.74, 6) is -0.0830. The third kappa shape index (κ3) is 6.48. The summed E-state index contributed by atoms with van der Waals surface area (Å²) in [6, 6.07) is 22.7. The molecule has 0 aliphatic heterocycles. The molecular weight excluding hydrogens is 505 g/mol. The van der Waals surface area contributed by atoms with Gasteiger partial charge < -0.3 is 10.1 Å². The Morgan fingerprint density at radius 3 is 2.34 bits per heavy atom. The molecule has 6 nitrogen and oxygen atoms in total. The van der Waals surface area contributed by atoms with Crippen LogP contribution in [0.5, 0.6) is 5.75 Å². The molecule has 0 aliphatic carbocycles. The van der Waals surface area contributed by atoms with Crippen molar-refractivity contribution in [2.24, 2.45) is 5.10 Å². The fourth-order valence-corrected chi connectivity index (χ4v) is 4.21. The molecule has 1 heterocycles. The van der Waals surface area contributed by atoms with Gasteiger partial charge in [0.25, 0.3) is 11.8 Å². The van der Waals surface area contributed by atoms with Crippen molar-refractivity contribution in [1.29, 1.82) is 0 Å². The van der Waals surface area contributed by atoms with Gasteiger partial charge in [0, 0.05) is 15.6 Å². The minimum absolute atomic E-state index is 0.241. The largest absolute Gasteiger partial charge is 0.489 e. The summed E-state index contributed by atoms with van der Waals surface area (Å²) < 4.78 is 5.76. The van der Waals surface area contributed by atoms with Crippen molar-refractivity contribution >= 4 is 58.3 Å². The van der Waals surface area contributed by atoms with E-state index in [1.165, 1.54) is 17.6 Å². The molecule has 4 aromatic rings. The highest BCUT2D eigenvalue weighted by Crippen LogP contribution is 2.26. The quantitative estimate of drug-likeness (QED) is 0.200. The number of hydrogen-bond donors (Lipinski definition) is 2. The van der Waals surface area contributed by atoms with Crippen molar-refractivity contribution in [1.82, 2.24) is 5.43 Å². The number of hydrazone groups is 1. The molecule has 2 amide bonds. The van der Waals surface area contributed by atoms with Crippen LogP contribution in [-0.2, 0) is 6.61 Å². The predicted octanol–water partition coefficient (Wildman–Crippen LogP) is 6.65. The summed E-state index contributed by atoms with van der Waals surface area (Å²) in [5, 5.41) is 9.70. The number of carbonyl (C=O) groups is 2. The number of amides is 2. The number of carbonyl (C=O) groups excluding carboxylic acids is 2. The SMILES string of the molecule is O=C(Nc1ccccc1C(=O)N/N=C\c1ccc(OCc2c(Cl)cccc2Cl)cc1)c1cccs1. The summed E-state index contributed by atoms with van der Waals surface area (Å²) in [7, 11) is 0. The number of para-hydroxylation sites is 1. The molecule has 3 aromatic carbocycles. The van der Waals surface area contributed by atoms with Gasteiger partial charge in [-0.25, -0.2) is 5.43 Å². The Bertz CT molecular complexity index is 1340. The number of hydrogen-bond acceptors (Lipinski definition) is 5. The molecule has 35 heavy (non-hydrogen) atoms. The van der Waals surface area contributed by atoms with Crippen LogP contribution in [0.3, 0.4) is 0 Å². The molecule has 0 atom stereocenters. The standard InChI is InChI=1S/C26H19Cl2N3O3S/c27-21-6-3-7-22(28)20(21)16-34-18-12-10-17(11-13-18)15-29-31-25(32)19-5-1-2-8-23(19)30-26(33)24-9-4-14-35-24/h1-15H,16H2,(H,30,33)(H,31,32)/b29-15-. The molecule has 0 spiro atoms. The summed E-state index contributed by atoms with van der Waals surface area (Å²) in [4.78, 5) is 25.5. The summed E-state index contributed by atoms with van der Waals surface area (Å²) in [6.07, 6.45) is 1.51. The minimum Gasteiger partial charge on any atom is -0.489 e. The lowest BCUT2D eigenvalue weighted by Crippen LogP contribution is -2.21. The number of thiophene rings is 1. The van der Waals surface area contributed by atoms with Crippen LogP contribution in [0.15, 0.2) is 89.3 Å². The normalized spacial score (nSPS) is 10.8. The second-order valence-electron chi connectivity index (χ2n) is 7.23. The summed E-state index contributed by atoms with van der Waals surface area (Å²) >= 11 is 13.7. The Morgan fingerprint density at radius 1 is 0.886 bits per heavy atom. The molecule has 1 aromatic heterocycles. The first kappa shape index (κ1) is 24.5. The van der Waals surface area contributed by atoms with E-state index in [9.17, 15) is 9.59 Å². The third-order valence-electron chi connectivity index (χ3n) is 4.87. The van der Waals surface area contributed by atoms with Gasteiger partial charge >= 0.3 is 0 Å². The zero-order valence-electron chi connectivity index (χ0n) is 18.2. The van der Waals surface area contributed by atoms with E-state index in [1.54, 1.807) is 78.9 Å². The Kier molecular flexibility index (Phi) is 8.15. The summed E-state index contributed by atoms with van der Waals surface area (Å²) in [5.41, 5.74) is 4.67. The van der Waals surface area contributed by atoms with E-state index in [0.717, 1.165) is 11.1 Å². The lowest BCUT2D eigenvalue weighted by atomic mass is 10.1. The second-order valence-corrected chi connectivity index (χ2v) is 9.00. The van der Waals surface area contributed by atoms with E-state index in [-0.39, 0.29) is 12.5 Å². The highest BCUT2D eigenvalue weighted by Gasteiger charge is 2.14. The van der Waals surface area contributed by atoms with Crippen LogP contribution in [0.1, 0.15) is 31.2 Å². The molecule has 2 N–H and O–H groups in total. The molecule has 0 saturated carbocycles. The first-order chi connectivity index (χ1) is 17.0. The fourth-order valence-electron chi connectivity index (χ4n) is 3.08. The lowest BCUT2D eigenvalue weighted by Gasteiger charge is -2.10. The predicted molar refractivity (Wildman–Crippen MR) is 141 cm³/mol. The lowest BCUT2D eigenvalue weighted by molar-refractivity contribution is 0.0956. The van der Waals surface area contributed by atoms with E-state index in [4.69, 9.17) is 27.9 Å². The van der Waals surface area contributed by atoms with Gasteiger partial charge in [-0.2, -0.15) is 5.10 Å². The Labute approximate surface area is 216 Å². The molecule has 0 fully saturated rings. The molecule has 0 unspecified atom stereocenters. The number of ether oxygens (including phenoxy) is 1. The molecular formula is C26H19Cl2N3O3S. The van der Waals surface area contributed by atoms with Gasteiger partial charge in [-0.15, -0.1) is 11.3 Å². The van der Waals surface area contributed by atoms with E-state index < -0.39 is 5.91 Å². The van der Waals surface area contributed by atoms with Crippen molar-refractivity contribution in [3.63, 3.8) is 0 Å². The van der Waals surface area contributed by atoms with Crippen molar-refractivity contribution < 1.29 is 14.3 Å². The summed E-state index contributed by atoms with van der Waals surface area (Å²) in [6.45, 7) is 0.241. The molecule has 0 aliphatic rings. The number of benzene rings is 3. The molecule has 4 rings (SSSR count). The Balaban J connectivity index is 1.34. The number of halogens is 2. The molecule has 9 heteroatoms. The van der Waals surface area contributed by atoms with Gasteiger partial charge in [0.1, 0.15) is 12.4 Å². The van der Waals surface area contributed by atoms with E-state index in [1.807, 2.05) is 5.38 Å². The van der Waals surface area contributed by atoms with Crippen LogP contribution in [0.2, 0.25) is 10.0 Å². The molecule has 0 radical (unpaired) electrons. The fraction of sp³-hybridized carbons (Fsp3) is 0.0385. The maximum atomic E-state index is 12.6. The van der Waals surface area contributed by atoms with E-state index >= 15 is 0 Å². The van der Waals surface area contributed by atoms with Gasteiger partial charge in [-0.05, 0) is 65.5 Å². The van der Waals surface area contributed by atoms with Crippen LogP contribution in [-0.4, -0.2) is 18.0 Å². The van der Waals surface area contributed by atoms with Gasteiger partial charge in [-0.3, -0.25) is 9.59 Å². The van der Waals surface area contributed by atoms with Crippen molar-refractivity contribution in [2.45, 2.75) is 6.61 Å². The maximum absolute atomic E-state index is 12.6. The zero-order chi connectivity index (χ0) is 24.6. The number of nitrogens with one attached hydrogen (secondary N) is 2. The first-order valence-corrected chi connectivity index (χ1v) is 12.1. The maximum Gasteiger partial charge on any atom is 0.273 e. The number of rotatable bonds is 8.